The molecular formula is C15H17ClN4O2. The Morgan fingerprint density at radius 2 is 1.77 bits per heavy atom. The maximum absolute atomic E-state index is 11.7. The van der Waals surface area contributed by atoms with E-state index in [1.54, 1.807) is 24.4 Å². The minimum Gasteiger partial charge on any atom is -0.444 e. The van der Waals surface area contributed by atoms with E-state index in [-0.39, 0.29) is 5.28 Å². The smallest absolute Gasteiger partial charge is 0.412 e. The van der Waals surface area contributed by atoms with Crippen molar-refractivity contribution in [1.82, 2.24) is 9.97 Å². The third-order valence-corrected chi connectivity index (χ3v) is 2.61. The quantitative estimate of drug-likeness (QED) is 0.828. The molecule has 1 amide bonds. The Labute approximate surface area is 133 Å². The van der Waals surface area contributed by atoms with Gasteiger partial charge in [-0.05, 0) is 62.7 Å². The number of anilines is 3. The van der Waals surface area contributed by atoms with Crippen LogP contribution in [0, 0.1) is 0 Å². The number of aromatic nitrogens is 2. The summed E-state index contributed by atoms with van der Waals surface area (Å²) < 4.78 is 5.18. The molecule has 7 heteroatoms. The van der Waals surface area contributed by atoms with Crippen LogP contribution in [0.1, 0.15) is 20.8 Å². The molecule has 0 radical (unpaired) electrons. The number of halogens is 1. The van der Waals surface area contributed by atoms with Crippen molar-refractivity contribution in [2.45, 2.75) is 26.4 Å². The van der Waals surface area contributed by atoms with Crippen molar-refractivity contribution in [2.75, 3.05) is 10.6 Å². The van der Waals surface area contributed by atoms with Gasteiger partial charge in [-0.15, -0.1) is 0 Å². The van der Waals surface area contributed by atoms with Gasteiger partial charge in [-0.3, -0.25) is 5.32 Å². The molecule has 2 aromatic rings. The lowest BCUT2D eigenvalue weighted by atomic mass is 10.2. The van der Waals surface area contributed by atoms with E-state index < -0.39 is 11.7 Å². The molecule has 0 aliphatic heterocycles. The fourth-order valence-corrected chi connectivity index (χ4v) is 1.76. The second-order valence-electron chi connectivity index (χ2n) is 5.54. The standard InChI is InChI=1S/C15H17ClN4O2/c1-15(2,3)22-14(21)19-11-6-4-10(5-7-11)18-12-8-9-17-13(16)20-12/h4-9H,1-3H3,(H,19,21)(H,17,18,20). The average molecular weight is 321 g/mol. The molecule has 0 saturated heterocycles. The van der Waals surface area contributed by atoms with Crippen molar-refractivity contribution in [3.8, 4) is 0 Å². The Morgan fingerprint density at radius 3 is 2.36 bits per heavy atom. The van der Waals surface area contributed by atoms with Crippen molar-refractivity contribution >= 4 is 34.9 Å². The number of benzene rings is 1. The first-order valence-electron chi connectivity index (χ1n) is 6.67. The van der Waals surface area contributed by atoms with E-state index in [1.165, 1.54) is 0 Å². The van der Waals surface area contributed by atoms with Crippen LogP contribution >= 0.6 is 11.6 Å². The summed E-state index contributed by atoms with van der Waals surface area (Å²) in [5.41, 5.74) is 0.919. The molecule has 116 valence electrons. The molecule has 2 rings (SSSR count). The summed E-state index contributed by atoms with van der Waals surface area (Å²) >= 11 is 5.72. The molecule has 6 nitrogen and oxygen atoms in total. The Hall–Kier alpha value is -2.34. The van der Waals surface area contributed by atoms with Crippen molar-refractivity contribution < 1.29 is 9.53 Å². The topological polar surface area (TPSA) is 76.1 Å². The minimum atomic E-state index is -0.530. The molecule has 0 unspecified atom stereocenters. The van der Waals surface area contributed by atoms with Crippen LogP contribution in [0.3, 0.4) is 0 Å². The Bertz CT molecular complexity index is 653. The number of nitrogens with zero attached hydrogens (tertiary/aromatic N) is 2. The number of nitrogens with one attached hydrogen (secondary N) is 2. The highest BCUT2D eigenvalue weighted by Gasteiger charge is 2.16. The van der Waals surface area contributed by atoms with E-state index in [4.69, 9.17) is 16.3 Å². The molecule has 0 atom stereocenters. The lowest BCUT2D eigenvalue weighted by Crippen LogP contribution is -2.27. The lowest BCUT2D eigenvalue weighted by Gasteiger charge is -2.19. The number of carbonyl (C=O) groups excluding carboxylic acids is 1. The SMILES string of the molecule is CC(C)(C)OC(=O)Nc1ccc(Nc2ccnc(Cl)n2)cc1. The van der Waals surface area contributed by atoms with Crippen molar-refractivity contribution in [3.63, 3.8) is 0 Å². The highest BCUT2D eigenvalue weighted by atomic mass is 35.5. The highest BCUT2D eigenvalue weighted by Crippen LogP contribution is 2.18. The molecule has 0 saturated carbocycles. The molecule has 1 heterocycles. The summed E-state index contributed by atoms with van der Waals surface area (Å²) in [6, 6.07) is 8.84. The van der Waals surface area contributed by atoms with Gasteiger partial charge in [0.1, 0.15) is 11.4 Å². The van der Waals surface area contributed by atoms with Crippen LogP contribution in [0.2, 0.25) is 5.28 Å². The summed E-state index contributed by atoms with van der Waals surface area (Å²) in [6.07, 6.45) is 1.08. The van der Waals surface area contributed by atoms with Gasteiger partial charge in [0.2, 0.25) is 5.28 Å². The van der Waals surface area contributed by atoms with Crippen molar-refractivity contribution in [1.29, 1.82) is 0 Å². The fraction of sp³-hybridized carbons (Fsp3) is 0.267. The summed E-state index contributed by atoms with van der Waals surface area (Å²) in [5, 5.41) is 5.92. The molecule has 1 aromatic carbocycles. The number of ether oxygens (including phenoxy) is 1. The van der Waals surface area contributed by atoms with Gasteiger partial charge >= 0.3 is 6.09 Å². The van der Waals surface area contributed by atoms with Gasteiger partial charge in [-0.25, -0.2) is 14.8 Å². The van der Waals surface area contributed by atoms with E-state index in [0.29, 0.717) is 11.5 Å². The maximum Gasteiger partial charge on any atom is 0.412 e. The van der Waals surface area contributed by atoms with E-state index in [2.05, 4.69) is 20.6 Å². The molecule has 0 spiro atoms. The number of carbonyl (C=O) groups is 1. The molecule has 0 aliphatic rings. The first-order chi connectivity index (χ1) is 10.3. The normalized spacial score (nSPS) is 10.9. The van der Waals surface area contributed by atoms with Crippen LogP contribution in [-0.4, -0.2) is 21.7 Å². The molecule has 2 N–H and O–H groups in total. The van der Waals surface area contributed by atoms with Crippen LogP contribution < -0.4 is 10.6 Å². The van der Waals surface area contributed by atoms with Gasteiger partial charge in [0, 0.05) is 17.6 Å². The maximum atomic E-state index is 11.7. The largest absolute Gasteiger partial charge is 0.444 e. The van der Waals surface area contributed by atoms with Crippen molar-refractivity contribution in [2.24, 2.45) is 0 Å². The Balaban J connectivity index is 1.97. The van der Waals surface area contributed by atoms with Crippen LogP contribution in [0.25, 0.3) is 0 Å². The van der Waals surface area contributed by atoms with E-state index in [1.807, 2.05) is 32.9 Å². The van der Waals surface area contributed by atoms with Gasteiger partial charge < -0.3 is 10.1 Å². The molecule has 0 fully saturated rings. The second-order valence-corrected chi connectivity index (χ2v) is 5.88. The van der Waals surface area contributed by atoms with Crippen LogP contribution in [0.4, 0.5) is 22.0 Å². The van der Waals surface area contributed by atoms with Crippen LogP contribution in [-0.2, 0) is 4.74 Å². The Kier molecular flexibility index (Phi) is 4.82. The Morgan fingerprint density at radius 1 is 1.14 bits per heavy atom. The minimum absolute atomic E-state index is 0.174. The van der Waals surface area contributed by atoms with Gasteiger partial charge in [0.25, 0.3) is 0 Å². The van der Waals surface area contributed by atoms with E-state index >= 15 is 0 Å². The van der Waals surface area contributed by atoms with Gasteiger partial charge in [-0.2, -0.15) is 0 Å². The summed E-state index contributed by atoms with van der Waals surface area (Å²) in [7, 11) is 0. The first kappa shape index (κ1) is 16.0. The fourth-order valence-electron chi connectivity index (χ4n) is 1.61. The summed E-state index contributed by atoms with van der Waals surface area (Å²) in [5.74, 6) is 0.591. The zero-order valence-corrected chi connectivity index (χ0v) is 13.3. The molecular weight excluding hydrogens is 304 g/mol. The first-order valence-corrected chi connectivity index (χ1v) is 7.05. The van der Waals surface area contributed by atoms with Gasteiger partial charge in [0.15, 0.2) is 0 Å². The number of hydrogen-bond acceptors (Lipinski definition) is 5. The lowest BCUT2D eigenvalue weighted by molar-refractivity contribution is 0.0636. The van der Waals surface area contributed by atoms with Gasteiger partial charge in [-0.1, -0.05) is 0 Å². The van der Waals surface area contributed by atoms with E-state index in [0.717, 1.165) is 5.69 Å². The van der Waals surface area contributed by atoms with Gasteiger partial charge in [0.05, 0.1) is 0 Å². The third kappa shape index (κ3) is 5.21. The zero-order chi connectivity index (χ0) is 16.2. The number of rotatable bonds is 3. The zero-order valence-electron chi connectivity index (χ0n) is 12.6. The molecule has 22 heavy (non-hydrogen) atoms. The van der Waals surface area contributed by atoms with E-state index in [9.17, 15) is 4.79 Å². The highest BCUT2D eigenvalue weighted by molar-refractivity contribution is 6.28. The van der Waals surface area contributed by atoms with Crippen LogP contribution in [0.5, 0.6) is 0 Å². The summed E-state index contributed by atoms with van der Waals surface area (Å²) in [6.45, 7) is 5.44. The predicted octanol–water partition coefficient (Wildman–Crippen LogP) is 4.22. The predicted molar refractivity (Wildman–Crippen MR) is 86.6 cm³/mol. The average Bonchev–Trinajstić information content (AvgIpc) is 2.39. The molecule has 0 bridgehead atoms. The number of amides is 1. The monoisotopic (exact) mass is 320 g/mol. The van der Waals surface area contributed by atoms with Crippen LogP contribution in [0.15, 0.2) is 36.5 Å². The molecule has 1 aromatic heterocycles. The third-order valence-electron chi connectivity index (χ3n) is 2.43. The van der Waals surface area contributed by atoms with Crippen molar-refractivity contribution in [3.05, 3.63) is 41.8 Å². The molecule has 0 aliphatic carbocycles. The second kappa shape index (κ2) is 6.62. The number of hydrogen-bond donors (Lipinski definition) is 2. The summed E-state index contributed by atoms with van der Waals surface area (Å²) in [4.78, 5) is 19.5.